The molecule has 146 valence electrons. The van der Waals surface area contributed by atoms with Gasteiger partial charge in [0.1, 0.15) is 28.9 Å². The number of hydrogen-bond donors (Lipinski definition) is 0. The lowest BCUT2D eigenvalue weighted by atomic mass is 10.2. The van der Waals surface area contributed by atoms with E-state index in [-0.39, 0.29) is 0 Å². The first kappa shape index (κ1) is 20.0. The van der Waals surface area contributed by atoms with E-state index >= 15 is 0 Å². The lowest BCUT2D eigenvalue weighted by molar-refractivity contribution is 0.415. The SMILES string of the molecule is COc1ccc(C#Cc2ccccc2[P+](C)(c2ccccc2)c2ccccc2)cc1. The Morgan fingerprint density at radius 1 is 0.600 bits per heavy atom. The van der Waals surface area contributed by atoms with E-state index in [0.29, 0.717) is 0 Å². The first-order chi connectivity index (χ1) is 14.7. The number of hydrogen-bond acceptors (Lipinski definition) is 1. The van der Waals surface area contributed by atoms with Crippen LogP contribution in [0.1, 0.15) is 11.1 Å². The highest BCUT2D eigenvalue weighted by molar-refractivity contribution is 7.95. The molecular formula is C28H24OP+. The quantitative estimate of drug-likeness (QED) is 0.341. The molecule has 0 aliphatic rings. The van der Waals surface area contributed by atoms with Gasteiger partial charge in [0, 0.05) is 5.56 Å². The van der Waals surface area contributed by atoms with Crippen molar-refractivity contribution < 1.29 is 4.74 Å². The monoisotopic (exact) mass is 407 g/mol. The van der Waals surface area contributed by atoms with Crippen LogP contribution in [0.15, 0.2) is 109 Å². The first-order valence-corrected chi connectivity index (χ1v) is 12.2. The molecule has 0 bridgehead atoms. The Bertz CT molecular complexity index is 1130. The molecule has 2 heteroatoms. The van der Waals surface area contributed by atoms with Gasteiger partial charge in [0.05, 0.1) is 19.3 Å². The van der Waals surface area contributed by atoms with Crippen LogP contribution in [0.2, 0.25) is 0 Å². The minimum atomic E-state index is -1.82. The predicted octanol–water partition coefficient (Wildman–Crippen LogP) is 5.02. The van der Waals surface area contributed by atoms with Gasteiger partial charge in [-0.3, -0.25) is 0 Å². The van der Waals surface area contributed by atoms with E-state index in [2.05, 4.69) is 103 Å². The third-order valence-electron chi connectivity index (χ3n) is 5.36. The Morgan fingerprint density at radius 3 is 1.70 bits per heavy atom. The maximum atomic E-state index is 5.25. The standard InChI is InChI=1S/C28H24OP/c1-29-25-21-18-23(19-22-25)17-20-24-11-9-10-16-28(24)30(2,26-12-5-3-6-13-26)27-14-7-4-8-15-27/h3-16,18-19,21-22H,1-2H3/q+1. The van der Waals surface area contributed by atoms with Gasteiger partial charge in [-0.05, 0) is 60.7 Å². The van der Waals surface area contributed by atoms with Gasteiger partial charge in [-0.2, -0.15) is 0 Å². The van der Waals surface area contributed by atoms with Gasteiger partial charge in [0.15, 0.2) is 0 Å². The fourth-order valence-corrected chi connectivity index (χ4v) is 7.05. The molecule has 0 N–H and O–H groups in total. The fraction of sp³-hybridized carbons (Fsp3) is 0.0714. The van der Waals surface area contributed by atoms with E-state index in [4.69, 9.17) is 4.74 Å². The average molecular weight is 407 g/mol. The Kier molecular flexibility index (Phi) is 5.99. The molecular weight excluding hydrogens is 383 g/mol. The summed E-state index contributed by atoms with van der Waals surface area (Å²) in [4.78, 5) is 0. The lowest BCUT2D eigenvalue weighted by Gasteiger charge is -2.24. The molecule has 0 aromatic heterocycles. The topological polar surface area (TPSA) is 9.23 Å². The molecule has 0 aliphatic heterocycles. The summed E-state index contributed by atoms with van der Waals surface area (Å²) in [5.41, 5.74) is 2.06. The van der Waals surface area contributed by atoms with Crippen molar-refractivity contribution in [2.24, 2.45) is 0 Å². The molecule has 0 spiro atoms. The van der Waals surface area contributed by atoms with Crippen LogP contribution in [-0.2, 0) is 0 Å². The van der Waals surface area contributed by atoms with Crippen LogP contribution in [0.25, 0.3) is 0 Å². The van der Waals surface area contributed by atoms with Crippen molar-refractivity contribution in [2.45, 2.75) is 0 Å². The van der Waals surface area contributed by atoms with Crippen LogP contribution in [-0.4, -0.2) is 13.8 Å². The molecule has 0 atom stereocenters. The summed E-state index contributed by atoms with van der Waals surface area (Å²) in [7, 11) is -0.145. The molecule has 0 fully saturated rings. The molecule has 0 radical (unpaired) electrons. The summed E-state index contributed by atoms with van der Waals surface area (Å²) in [5.74, 6) is 7.63. The number of benzene rings is 4. The second kappa shape index (κ2) is 9.00. The normalized spacial score (nSPS) is 10.7. The molecule has 1 nitrogen and oxygen atoms in total. The second-order valence-corrected chi connectivity index (χ2v) is 10.7. The lowest BCUT2D eigenvalue weighted by Crippen LogP contribution is -2.31. The van der Waals surface area contributed by atoms with Crippen molar-refractivity contribution in [2.75, 3.05) is 13.8 Å². The van der Waals surface area contributed by atoms with Crippen molar-refractivity contribution in [3.63, 3.8) is 0 Å². The summed E-state index contributed by atoms with van der Waals surface area (Å²) < 4.78 is 5.25. The van der Waals surface area contributed by atoms with Crippen LogP contribution >= 0.6 is 7.26 Å². The third kappa shape index (κ3) is 4.02. The molecule has 0 saturated carbocycles. The third-order valence-corrected chi connectivity index (χ3v) is 9.38. The van der Waals surface area contributed by atoms with Crippen molar-refractivity contribution in [3.05, 3.63) is 120 Å². The highest BCUT2D eigenvalue weighted by Gasteiger charge is 2.41. The van der Waals surface area contributed by atoms with E-state index in [0.717, 1.165) is 16.9 Å². The highest BCUT2D eigenvalue weighted by Crippen LogP contribution is 2.52. The van der Waals surface area contributed by atoms with Gasteiger partial charge in [0.2, 0.25) is 0 Å². The fourth-order valence-electron chi connectivity index (χ4n) is 3.66. The van der Waals surface area contributed by atoms with Crippen LogP contribution in [0, 0.1) is 11.8 Å². The van der Waals surface area contributed by atoms with Gasteiger partial charge in [-0.15, -0.1) is 0 Å². The molecule has 0 amide bonds. The summed E-state index contributed by atoms with van der Waals surface area (Å²) in [6.07, 6.45) is 0. The maximum absolute atomic E-state index is 5.25. The number of ether oxygens (including phenoxy) is 1. The zero-order valence-corrected chi connectivity index (χ0v) is 18.1. The zero-order chi connectivity index (χ0) is 20.8. The average Bonchev–Trinajstić information content (AvgIpc) is 2.84. The molecule has 30 heavy (non-hydrogen) atoms. The van der Waals surface area contributed by atoms with Gasteiger partial charge in [-0.25, -0.2) is 0 Å². The van der Waals surface area contributed by atoms with Crippen molar-refractivity contribution in [1.82, 2.24) is 0 Å². The Hall–Kier alpha value is -3.33. The maximum Gasteiger partial charge on any atom is 0.120 e. The van der Waals surface area contributed by atoms with Gasteiger partial charge in [-0.1, -0.05) is 60.4 Å². The van der Waals surface area contributed by atoms with Crippen LogP contribution in [0.3, 0.4) is 0 Å². The van der Waals surface area contributed by atoms with Crippen molar-refractivity contribution >= 4 is 23.2 Å². The van der Waals surface area contributed by atoms with Crippen LogP contribution < -0.4 is 20.7 Å². The molecule has 4 rings (SSSR count). The molecule has 0 saturated heterocycles. The van der Waals surface area contributed by atoms with E-state index in [1.54, 1.807) is 7.11 Å². The smallest absolute Gasteiger partial charge is 0.120 e. The zero-order valence-electron chi connectivity index (χ0n) is 17.2. The van der Waals surface area contributed by atoms with E-state index in [9.17, 15) is 0 Å². The Morgan fingerprint density at radius 2 is 1.13 bits per heavy atom. The van der Waals surface area contributed by atoms with Gasteiger partial charge in [0.25, 0.3) is 0 Å². The summed E-state index contributed by atoms with van der Waals surface area (Å²) in [5, 5.41) is 4.02. The summed E-state index contributed by atoms with van der Waals surface area (Å²) in [6, 6.07) is 38.1. The van der Waals surface area contributed by atoms with Crippen molar-refractivity contribution in [3.8, 4) is 17.6 Å². The largest absolute Gasteiger partial charge is 0.497 e. The van der Waals surface area contributed by atoms with E-state index in [1.165, 1.54) is 15.9 Å². The Labute approximate surface area is 179 Å². The first-order valence-electron chi connectivity index (χ1n) is 9.95. The van der Waals surface area contributed by atoms with E-state index < -0.39 is 7.26 Å². The summed E-state index contributed by atoms with van der Waals surface area (Å²) >= 11 is 0. The van der Waals surface area contributed by atoms with Gasteiger partial charge < -0.3 is 4.74 Å². The summed E-state index contributed by atoms with van der Waals surface area (Å²) in [6.45, 7) is 2.39. The molecule has 0 heterocycles. The predicted molar refractivity (Wildman–Crippen MR) is 130 cm³/mol. The molecule has 0 unspecified atom stereocenters. The highest BCUT2D eigenvalue weighted by atomic mass is 31.2. The minimum absolute atomic E-state index is 0.840. The van der Waals surface area contributed by atoms with Crippen LogP contribution in [0.5, 0.6) is 5.75 Å². The van der Waals surface area contributed by atoms with Gasteiger partial charge >= 0.3 is 0 Å². The van der Waals surface area contributed by atoms with Crippen LogP contribution in [0.4, 0.5) is 0 Å². The molecule has 4 aromatic carbocycles. The van der Waals surface area contributed by atoms with Crippen molar-refractivity contribution in [1.29, 1.82) is 0 Å². The minimum Gasteiger partial charge on any atom is -0.497 e. The second-order valence-electron chi connectivity index (χ2n) is 7.17. The molecule has 0 aliphatic carbocycles. The number of methoxy groups -OCH3 is 1. The Balaban J connectivity index is 1.85. The van der Waals surface area contributed by atoms with E-state index in [1.807, 2.05) is 24.3 Å². The number of rotatable bonds is 4. The molecule has 4 aromatic rings.